The molecule has 1 saturated heterocycles. The molecule has 0 spiro atoms. The van der Waals surface area contributed by atoms with Gasteiger partial charge in [-0.15, -0.1) is 0 Å². The lowest BCUT2D eigenvalue weighted by atomic mass is 10.2. The Balaban J connectivity index is 1.54. The van der Waals surface area contributed by atoms with Crippen molar-refractivity contribution in [1.29, 1.82) is 0 Å². The van der Waals surface area contributed by atoms with Gasteiger partial charge in [-0.2, -0.15) is 0 Å². The summed E-state index contributed by atoms with van der Waals surface area (Å²) in [6, 6.07) is 15.5. The third kappa shape index (κ3) is 6.05. The molecule has 1 aliphatic rings. The second-order valence-corrected chi connectivity index (χ2v) is 8.51. The molecule has 3 aromatic rings. The number of methoxy groups -OCH3 is 2. The molecule has 13 heteroatoms. The van der Waals surface area contributed by atoms with Gasteiger partial charge in [0.15, 0.2) is 0 Å². The number of pyridine rings is 1. The molecule has 198 valence electrons. The van der Waals surface area contributed by atoms with Gasteiger partial charge in [-0.1, -0.05) is 23.7 Å². The number of aromatic nitrogens is 1. The average Bonchev–Trinajstić information content (AvgIpc) is 2.94. The van der Waals surface area contributed by atoms with Crippen LogP contribution in [0, 0.1) is 0 Å². The number of amides is 4. The monoisotopic (exact) mass is 540 g/mol. The zero-order valence-corrected chi connectivity index (χ0v) is 21.3. The number of halogens is 1. The number of urea groups is 2. The number of anilines is 1. The first-order chi connectivity index (χ1) is 18.3. The number of nitrogens with one attached hydrogen (secondary N) is 1. The molecule has 3 N–H and O–H groups in total. The van der Waals surface area contributed by atoms with E-state index in [1.54, 1.807) is 60.7 Å². The second-order valence-electron chi connectivity index (χ2n) is 8.07. The molecule has 4 rings (SSSR count). The van der Waals surface area contributed by atoms with E-state index in [1.807, 2.05) is 0 Å². The van der Waals surface area contributed by atoms with Crippen LogP contribution in [0.25, 0.3) is 0 Å². The lowest BCUT2D eigenvalue weighted by Crippen LogP contribution is -2.70. The zero-order valence-electron chi connectivity index (χ0n) is 20.5. The molecule has 0 saturated carbocycles. The normalized spacial score (nSPS) is 15.4. The number of imide groups is 1. The van der Waals surface area contributed by atoms with Gasteiger partial charge in [0.25, 0.3) is 0 Å². The molecule has 1 aliphatic heterocycles. The maximum atomic E-state index is 13.3. The van der Waals surface area contributed by atoms with E-state index in [0.717, 1.165) is 22.6 Å². The van der Waals surface area contributed by atoms with Gasteiger partial charge in [-0.3, -0.25) is 9.69 Å². The SMILES string of the molecule is COC(=O)CN1C(=O)N(N)C(Nc2ccc(Oc3ccc(OC)nc3)cc2)N(Cc2ccc(Cl)cc2)C1=O. The van der Waals surface area contributed by atoms with Crippen LogP contribution in [0.2, 0.25) is 5.02 Å². The van der Waals surface area contributed by atoms with E-state index in [0.29, 0.717) is 28.1 Å². The van der Waals surface area contributed by atoms with Crippen LogP contribution in [0.5, 0.6) is 17.4 Å². The number of carbonyl (C=O) groups excluding carboxylic acids is 3. The zero-order chi connectivity index (χ0) is 27.2. The van der Waals surface area contributed by atoms with Crippen LogP contribution in [0.15, 0.2) is 66.9 Å². The Morgan fingerprint density at radius 3 is 2.29 bits per heavy atom. The highest BCUT2D eigenvalue weighted by Crippen LogP contribution is 2.26. The van der Waals surface area contributed by atoms with Gasteiger partial charge in [0, 0.05) is 16.8 Å². The minimum atomic E-state index is -1.07. The quantitative estimate of drug-likeness (QED) is 0.236. The Morgan fingerprint density at radius 2 is 1.68 bits per heavy atom. The number of esters is 1. The first-order valence-electron chi connectivity index (χ1n) is 11.3. The minimum Gasteiger partial charge on any atom is -0.481 e. The molecule has 1 fully saturated rings. The molecular formula is C25H25ClN6O6. The highest BCUT2D eigenvalue weighted by Gasteiger charge is 2.44. The lowest BCUT2D eigenvalue weighted by Gasteiger charge is -2.45. The van der Waals surface area contributed by atoms with E-state index in [-0.39, 0.29) is 6.54 Å². The highest BCUT2D eigenvalue weighted by molar-refractivity contribution is 6.30. The third-order valence-corrected chi connectivity index (χ3v) is 5.82. The fraction of sp³-hybridized carbons (Fsp3) is 0.200. The number of carbonyl (C=O) groups is 3. The van der Waals surface area contributed by atoms with Crippen molar-refractivity contribution in [2.24, 2.45) is 5.84 Å². The molecule has 0 radical (unpaired) electrons. The largest absolute Gasteiger partial charge is 0.481 e. The molecule has 0 bridgehead atoms. The summed E-state index contributed by atoms with van der Waals surface area (Å²) >= 11 is 5.99. The summed E-state index contributed by atoms with van der Waals surface area (Å²) in [6.07, 6.45) is 0.461. The van der Waals surface area contributed by atoms with Crippen LogP contribution in [0.4, 0.5) is 15.3 Å². The molecule has 1 aromatic heterocycles. The number of benzene rings is 2. The fourth-order valence-electron chi connectivity index (χ4n) is 3.60. The Bertz CT molecular complexity index is 1290. The van der Waals surface area contributed by atoms with Crippen molar-refractivity contribution in [3.05, 3.63) is 77.4 Å². The average molecular weight is 541 g/mol. The van der Waals surface area contributed by atoms with E-state index in [1.165, 1.54) is 18.2 Å². The predicted octanol–water partition coefficient (Wildman–Crippen LogP) is 3.64. The van der Waals surface area contributed by atoms with Crippen LogP contribution < -0.4 is 20.6 Å². The van der Waals surface area contributed by atoms with Crippen LogP contribution >= 0.6 is 11.6 Å². The molecule has 1 atom stereocenters. The van der Waals surface area contributed by atoms with Crippen LogP contribution in [-0.2, 0) is 16.1 Å². The Kier molecular flexibility index (Phi) is 8.14. The summed E-state index contributed by atoms with van der Waals surface area (Å²) < 4.78 is 15.5. The molecular weight excluding hydrogens is 516 g/mol. The fourth-order valence-corrected chi connectivity index (χ4v) is 3.73. The van der Waals surface area contributed by atoms with E-state index in [9.17, 15) is 14.4 Å². The van der Waals surface area contributed by atoms with Crippen LogP contribution in [0.1, 0.15) is 5.56 Å². The van der Waals surface area contributed by atoms with Crippen molar-refractivity contribution in [3.8, 4) is 17.4 Å². The highest BCUT2D eigenvalue weighted by atomic mass is 35.5. The number of hydrogen-bond donors (Lipinski definition) is 2. The maximum absolute atomic E-state index is 13.3. The van der Waals surface area contributed by atoms with Gasteiger partial charge in [0.2, 0.25) is 12.2 Å². The summed E-state index contributed by atoms with van der Waals surface area (Å²) in [4.78, 5) is 44.3. The van der Waals surface area contributed by atoms with Crippen molar-refractivity contribution in [3.63, 3.8) is 0 Å². The first kappa shape index (κ1) is 26.5. The first-order valence-corrected chi connectivity index (χ1v) is 11.7. The number of rotatable bonds is 9. The number of nitrogens with two attached hydrogens (primary N) is 1. The van der Waals surface area contributed by atoms with Gasteiger partial charge in [0.1, 0.15) is 18.0 Å². The smallest absolute Gasteiger partial charge is 0.346 e. The molecule has 38 heavy (non-hydrogen) atoms. The molecule has 12 nitrogen and oxygen atoms in total. The number of hydrazine groups is 1. The molecule has 0 aliphatic carbocycles. The van der Waals surface area contributed by atoms with Gasteiger partial charge in [-0.25, -0.2) is 30.3 Å². The lowest BCUT2D eigenvalue weighted by molar-refractivity contribution is -0.141. The van der Waals surface area contributed by atoms with Crippen LogP contribution in [0.3, 0.4) is 0 Å². The van der Waals surface area contributed by atoms with Crippen LogP contribution in [-0.4, -0.2) is 64.9 Å². The molecule has 2 heterocycles. The van der Waals surface area contributed by atoms with Crippen molar-refractivity contribution < 1.29 is 28.6 Å². The van der Waals surface area contributed by atoms with Gasteiger partial charge in [0.05, 0.1) is 27.0 Å². The van der Waals surface area contributed by atoms with E-state index >= 15 is 0 Å². The summed E-state index contributed by atoms with van der Waals surface area (Å²) in [5, 5.41) is 4.47. The molecule has 1 unspecified atom stereocenters. The Hall–Kier alpha value is -4.55. The molecule has 4 amide bonds. The third-order valence-electron chi connectivity index (χ3n) is 5.57. The Labute approximate surface area is 223 Å². The van der Waals surface area contributed by atoms with E-state index in [4.69, 9.17) is 26.9 Å². The summed E-state index contributed by atoms with van der Waals surface area (Å²) in [5.74, 6) is 6.89. The number of nitrogens with zero attached hydrogens (tertiary/aromatic N) is 4. The van der Waals surface area contributed by atoms with Gasteiger partial charge in [-0.05, 0) is 48.0 Å². The van der Waals surface area contributed by atoms with Crippen molar-refractivity contribution in [2.75, 3.05) is 26.1 Å². The number of hydrogen-bond acceptors (Lipinski definition) is 9. The van der Waals surface area contributed by atoms with E-state index in [2.05, 4.69) is 15.0 Å². The summed E-state index contributed by atoms with van der Waals surface area (Å²) in [6.45, 7) is -0.518. The predicted molar refractivity (Wildman–Crippen MR) is 137 cm³/mol. The summed E-state index contributed by atoms with van der Waals surface area (Å²) in [5.41, 5.74) is 1.28. The van der Waals surface area contributed by atoms with Gasteiger partial charge >= 0.3 is 18.0 Å². The van der Waals surface area contributed by atoms with Crippen molar-refractivity contribution in [2.45, 2.75) is 12.8 Å². The van der Waals surface area contributed by atoms with E-state index < -0.39 is 30.9 Å². The molecule has 2 aromatic carbocycles. The second kappa shape index (κ2) is 11.7. The van der Waals surface area contributed by atoms with Crippen molar-refractivity contribution in [1.82, 2.24) is 19.8 Å². The van der Waals surface area contributed by atoms with Crippen molar-refractivity contribution >= 4 is 35.3 Å². The number of ether oxygens (including phenoxy) is 3. The Morgan fingerprint density at radius 1 is 1.00 bits per heavy atom. The topological polar surface area (TPSA) is 140 Å². The van der Waals surface area contributed by atoms with Gasteiger partial charge < -0.3 is 19.5 Å². The standard InChI is InChI=1S/C25H25ClN6O6/c1-36-21-12-11-20(13-28-21)38-19-9-7-18(8-10-19)29-23-30(14-16-3-5-17(26)6-4-16)24(34)31(15-22(33)37-2)25(35)32(23)27/h3-13,23,29H,14-15,27H2,1-2H3. The summed E-state index contributed by atoms with van der Waals surface area (Å²) in [7, 11) is 2.69. The maximum Gasteiger partial charge on any atom is 0.346 e. The minimum absolute atomic E-state index is 0.0674.